The van der Waals surface area contributed by atoms with Crippen LogP contribution in [-0.2, 0) is 0 Å². The van der Waals surface area contributed by atoms with Gasteiger partial charge in [-0.2, -0.15) is 4.98 Å². The number of ether oxygens (including phenoxy) is 1. The topological polar surface area (TPSA) is 71.1 Å². The van der Waals surface area contributed by atoms with Crippen LogP contribution in [0.15, 0.2) is 42.6 Å². The molecule has 1 aliphatic rings. The number of hydrogen-bond donors (Lipinski definition) is 3. The monoisotopic (exact) mass is 485 g/mol. The van der Waals surface area contributed by atoms with Gasteiger partial charge in [0.15, 0.2) is 5.82 Å². The summed E-state index contributed by atoms with van der Waals surface area (Å²) in [6.07, 6.45) is 3.87. The number of piperidine rings is 1. The third-order valence-electron chi connectivity index (χ3n) is 5.59. The Morgan fingerprint density at radius 2 is 1.88 bits per heavy atom. The van der Waals surface area contributed by atoms with Crippen LogP contribution in [0.4, 0.5) is 23.1 Å². The molecule has 1 aromatic heterocycles. The fourth-order valence-corrected chi connectivity index (χ4v) is 4.39. The molecule has 0 saturated carbocycles. The van der Waals surface area contributed by atoms with Crippen molar-refractivity contribution in [2.45, 2.75) is 45.6 Å². The molecule has 4 rings (SSSR count). The van der Waals surface area contributed by atoms with Gasteiger partial charge in [0.25, 0.3) is 0 Å². The van der Waals surface area contributed by atoms with Crippen LogP contribution in [0.3, 0.4) is 0 Å². The van der Waals surface area contributed by atoms with E-state index in [4.69, 9.17) is 27.9 Å². The molecule has 2 heterocycles. The first-order valence-electron chi connectivity index (χ1n) is 11.2. The molecule has 1 saturated heterocycles. The number of anilines is 4. The van der Waals surface area contributed by atoms with Crippen LogP contribution in [-0.4, -0.2) is 29.2 Å². The maximum atomic E-state index is 6.44. The number of hydrogen-bond acceptors (Lipinski definition) is 6. The summed E-state index contributed by atoms with van der Waals surface area (Å²) in [6.45, 7) is 8.29. The van der Waals surface area contributed by atoms with Crippen molar-refractivity contribution in [3.63, 3.8) is 0 Å². The summed E-state index contributed by atoms with van der Waals surface area (Å²) in [5.74, 6) is 2.24. The van der Waals surface area contributed by atoms with Crippen LogP contribution in [0.25, 0.3) is 0 Å². The zero-order valence-corrected chi connectivity index (χ0v) is 20.6. The molecule has 0 spiro atoms. The molecule has 1 fully saturated rings. The van der Waals surface area contributed by atoms with E-state index in [2.05, 4.69) is 45.0 Å². The van der Waals surface area contributed by atoms with E-state index in [0.717, 1.165) is 43.1 Å². The predicted molar refractivity (Wildman–Crippen MR) is 137 cm³/mol. The minimum atomic E-state index is 0.0371. The Labute approximate surface area is 205 Å². The molecule has 6 nitrogen and oxygen atoms in total. The van der Waals surface area contributed by atoms with Gasteiger partial charge in [0.05, 0.1) is 18.0 Å². The Bertz CT molecular complexity index is 1120. The Balaban J connectivity index is 1.63. The average Bonchev–Trinajstić information content (AvgIpc) is 2.78. The molecular formula is C25H29Cl2N5O. The number of aromatic nitrogens is 2. The lowest BCUT2D eigenvalue weighted by atomic mass is 9.87. The van der Waals surface area contributed by atoms with E-state index in [0.29, 0.717) is 27.7 Å². The molecule has 33 heavy (non-hydrogen) atoms. The summed E-state index contributed by atoms with van der Waals surface area (Å²) in [6, 6.07) is 11.7. The van der Waals surface area contributed by atoms with Crippen LogP contribution in [0.1, 0.15) is 43.7 Å². The lowest BCUT2D eigenvalue weighted by molar-refractivity contribution is 0.243. The molecular weight excluding hydrogens is 457 g/mol. The number of nitrogens with one attached hydrogen (secondary N) is 3. The van der Waals surface area contributed by atoms with Crippen molar-refractivity contribution in [2.75, 3.05) is 23.7 Å². The van der Waals surface area contributed by atoms with Gasteiger partial charge in [-0.25, -0.2) is 4.98 Å². The largest absolute Gasteiger partial charge is 0.489 e. The Hall–Kier alpha value is -2.54. The second-order valence-corrected chi connectivity index (χ2v) is 9.39. The molecule has 8 heteroatoms. The summed E-state index contributed by atoms with van der Waals surface area (Å²) in [5.41, 5.74) is 4.19. The molecule has 2 aromatic carbocycles. The lowest BCUT2D eigenvalue weighted by Gasteiger charge is -2.26. The molecule has 0 atom stereocenters. The van der Waals surface area contributed by atoms with Gasteiger partial charge in [-0.15, -0.1) is 0 Å². The second kappa shape index (κ2) is 10.6. The fourth-order valence-electron chi connectivity index (χ4n) is 4.06. The van der Waals surface area contributed by atoms with Crippen LogP contribution < -0.4 is 20.7 Å². The van der Waals surface area contributed by atoms with E-state index in [1.807, 2.05) is 38.1 Å². The molecule has 0 radical (unpaired) electrons. The summed E-state index contributed by atoms with van der Waals surface area (Å²) in [7, 11) is 0. The van der Waals surface area contributed by atoms with Crippen LogP contribution in [0, 0.1) is 6.92 Å². The normalized spacial score (nSPS) is 14.4. The van der Waals surface area contributed by atoms with Crippen molar-refractivity contribution < 1.29 is 4.74 Å². The highest BCUT2D eigenvalue weighted by Gasteiger charge is 2.20. The van der Waals surface area contributed by atoms with E-state index >= 15 is 0 Å². The van der Waals surface area contributed by atoms with Crippen LogP contribution >= 0.6 is 23.2 Å². The minimum Gasteiger partial charge on any atom is -0.489 e. The van der Waals surface area contributed by atoms with Crippen molar-refractivity contribution in [2.24, 2.45) is 0 Å². The number of halogens is 2. The maximum absolute atomic E-state index is 6.44. The van der Waals surface area contributed by atoms with E-state index in [1.165, 1.54) is 11.1 Å². The van der Waals surface area contributed by atoms with Crippen molar-refractivity contribution in [3.05, 3.63) is 63.8 Å². The summed E-state index contributed by atoms with van der Waals surface area (Å²) in [4.78, 5) is 8.88. The first-order chi connectivity index (χ1) is 15.9. The van der Waals surface area contributed by atoms with Crippen LogP contribution in [0.5, 0.6) is 5.75 Å². The van der Waals surface area contributed by atoms with Gasteiger partial charge >= 0.3 is 0 Å². The van der Waals surface area contributed by atoms with E-state index < -0.39 is 0 Å². The first kappa shape index (κ1) is 23.6. The smallest absolute Gasteiger partial charge is 0.229 e. The standard InChI is InChI=1S/C25H29Cl2N5O/c1-15(2)33-23-13-20(17-7-9-28-10-8-17)16(3)11-22(23)31-24-21(27)14-29-25(32-24)30-19-6-4-5-18(26)12-19/h4-6,11-15,17,28H,7-10H2,1-3H3,(H2,29,30,31,32). The van der Waals surface area contributed by atoms with Gasteiger partial charge in [-0.1, -0.05) is 29.3 Å². The van der Waals surface area contributed by atoms with Crippen molar-refractivity contribution >= 4 is 46.3 Å². The van der Waals surface area contributed by atoms with Gasteiger partial charge in [0.2, 0.25) is 5.95 Å². The Morgan fingerprint density at radius 3 is 2.61 bits per heavy atom. The Morgan fingerprint density at radius 1 is 1.09 bits per heavy atom. The van der Waals surface area contributed by atoms with Gasteiger partial charge in [0, 0.05) is 10.7 Å². The first-order valence-corrected chi connectivity index (χ1v) is 12.0. The van der Waals surface area contributed by atoms with E-state index in [9.17, 15) is 0 Å². The summed E-state index contributed by atoms with van der Waals surface area (Å²) in [5, 5.41) is 11.0. The lowest BCUT2D eigenvalue weighted by Crippen LogP contribution is -2.27. The number of nitrogens with zero attached hydrogens (tertiary/aromatic N) is 2. The Kier molecular flexibility index (Phi) is 7.58. The maximum Gasteiger partial charge on any atom is 0.229 e. The molecule has 0 bridgehead atoms. The molecule has 0 amide bonds. The number of benzene rings is 2. The summed E-state index contributed by atoms with van der Waals surface area (Å²) < 4.78 is 6.19. The number of rotatable bonds is 7. The minimum absolute atomic E-state index is 0.0371. The zero-order valence-electron chi connectivity index (χ0n) is 19.1. The highest BCUT2D eigenvalue weighted by atomic mass is 35.5. The van der Waals surface area contributed by atoms with Crippen molar-refractivity contribution in [1.82, 2.24) is 15.3 Å². The summed E-state index contributed by atoms with van der Waals surface area (Å²) >= 11 is 12.5. The average molecular weight is 486 g/mol. The molecule has 3 N–H and O–H groups in total. The third-order valence-corrected chi connectivity index (χ3v) is 6.10. The quantitative estimate of drug-likeness (QED) is 0.340. The number of aryl methyl sites for hydroxylation is 1. The van der Waals surface area contributed by atoms with Gasteiger partial charge in [-0.05, 0) is 94.1 Å². The van der Waals surface area contributed by atoms with Crippen molar-refractivity contribution in [1.29, 1.82) is 0 Å². The third kappa shape index (κ3) is 6.08. The molecule has 0 aliphatic carbocycles. The molecule has 1 aliphatic heterocycles. The highest BCUT2D eigenvalue weighted by molar-refractivity contribution is 6.33. The molecule has 174 valence electrons. The van der Waals surface area contributed by atoms with Crippen LogP contribution in [0.2, 0.25) is 10.0 Å². The predicted octanol–water partition coefficient (Wildman–Crippen LogP) is 6.83. The SMILES string of the molecule is Cc1cc(Nc2nc(Nc3cccc(Cl)c3)ncc2Cl)c(OC(C)C)cc1C1CCNCC1. The van der Waals surface area contributed by atoms with Gasteiger partial charge < -0.3 is 20.7 Å². The molecule has 0 unspecified atom stereocenters. The van der Waals surface area contributed by atoms with Gasteiger partial charge in [-0.3, -0.25) is 0 Å². The van der Waals surface area contributed by atoms with E-state index in [1.54, 1.807) is 6.20 Å². The van der Waals surface area contributed by atoms with E-state index in [-0.39, 0.29) is 6.10 Å². The molecule has 3 aromatic rings. The second-order valence-electron chi connectivity index (χ2n) is 8.55. The highest BCUT2D eigenvalue weighted by Crippen LogP contribution is 2.38. The van der Waals surface area contributed by atoms with Crippen molar-refractivity contribution in [3.8, 4) is 5.75 Å². The van der Waals surface area contributed by atoms with Gasteiger partial charge in [0.1, 0.15) is 10.8 Å². The fraction of sp³-hybridized carbons (Fsp3) is 0.360. The zero-order chi connectivity index (χ0) is 23.4.